The third kappa shape index (κ3) is 3.06. The van der Waals surface area contributed by atoms with Crippen LogP contribution in [-0.4, -0.2) is 56.9 Å². The Morgan fingerprint density at radius 3 is 2.60 bits per heavy atom. The second kappa shape index (κ2) is 6.77. The lowest BCUT2D eigenvalue weighted by atomic mass is 9.60. The molecule has 1 saturated carbocycles. The highest BCUT2D eigenvalue weighted by atomic mass is 16.5. The third-order valence-corrected chi connectivity index (χ3v) is 7.37. The van der Waals surface area contributed by atoms with Gasteiger partial charge in [0, 0.05) is 23.0 Å². The van der Waals surface area contributed by atoms with E-state index < -0.39 is 29.0 Å². The summed E-state index contributed by atoms with van der Waals surface area (Å²) in [6.07, 6.45) is 1.77. The maximum absolute atomic E-state index is 11.7. The Morgan fingerprint density at radius 2 is 2.00 bits per heavy atom. The van der Waals surface area contributed by atoms with E-state index in [0.717, 1.165) is 5.56 Å². The number of hydrogen-bond acceptors (Lipinski definition) is 7. The fraction of sp³-hybridized carbons (Fsp3) is 0.652. The Kier molecular flexibility index (Phi) is 4.80. The molecule has 6 atom stereocenters. The summed E-state index contributed by atoms with van der Waals surface area (Å²) in [5.41, 5.74) is -1.87. The predicted molar refractivity (Wildman–Crippen MR) is 108 cm³/mol. The van der Waals surface area contributed by atoms with Gasteiger partial charge in [0.15, 0.2) is 12.6 Å². The molecule has 0 saturated heterocycles. The van der Waals surface area contributed by atoms with Gasteiger partial charge in [-0.05, 0) is 59.4 Å². The van der Waals surface area contributed by atoms with Gasteiger partial charge in [-0.3, -0.25) is 9.59 Å². The Labute approximate surface area is 176 Å². The first kappa shape index (κ1) is 21.3. The average molecular weight is 418 g/mol. The van der Waals surface area contributed by atoms with E-state index in [4.69, 9.17) is 9.47 Å². The molecule has 2 aliphatic heterocycles. The van der Waals surface area contributed by atoms with E-state index in [-0.39, 0.29) is 23.0 Å². The Hall–Kier alpha value is -1.96. The van der Waals surface area contributed by atoms with E-state index in [0.29, 0.717) is 49.8 Å². The zero-order chi connectivity index (χ0) is 22.1. The molecule has 0 bridgehead atoms. The van der Waals surface area contributed by atoms with E-state index in [9.17, 15) is 24.9 Å². The molecule has 2 heterocycles. The van der Waals surface area contributed by atoms with E-state index in [1.165, 1.54) is 0 Å². The van der Waals surface area contributed by atoms with Gasteiger partial charge in [-0.25, -0.2) is 0 Å². The van der Waals surface area contributed by atoms with Crippen molar-refractivity contribution in [3.8, 4) is 11.5 Å². The fourth-order valence-electron chi connectivity index (χ4n) is 5.50. The van der Waals surface area contributed by atoms with Gasteiger partial charge >= 0.3 is 0 Å². The molecule has 1 aromatic carbocycles. The molecule has 7 heteroatoms. The van der Waals surface area contributed by atoms with Crippen LogP contribution in [0.1, 0.15) is 85.6 Å². The smallest absolute Gasteiger partial charge is 0.154 e. The average Bonchev–Trinajstić information content (AvgIpc) is 3.07. The SMILES string of the molecule is CC(C)(O)[C@H](O)CC[C@]1(C)Oc2cc(C=O)c(C=O)c3c2[C@H]2[C@@H](O3)[C@@](C)(O)CC[C@H]21. The van der Waals surface area contributed by atoms with Gasteiger partial charge in [-0.2, -0.15) is 0 Å². The minimum atomic E-state index is -1.23. The lowest BCUT2D eigenvalue weighted by Crippen LogP contribution is -2.58. The summed E-state index contributed by atoms with van der Waals surface area (Å²) in [5, 5.41) is 31.5. The molecule has 3 aliphatic rings. The third-order valence-electron chi connectivity index (χ3n) is 7.37. The molecule has 0 radical (unpaired) electrons. The number of carbonyl (C=O) groups is 2. The summed E-state index contributed by atoms with van der Waals surface area (Å²) in [6, 6.07) is 1.57. The molecule has 0 spiro atoms. The van der Waals surface area contributed by atoms with Crippen LogP contribution in [-0.2, 0) is 0 Å². The summed E-state index contributed by atoms with van der Waals surface area (Å²) in [7, 11) is 0. The number of aliphatic hydroxyl groups is 3. The number of benzene rings is 1. The molecule has 0 unspecified atom stereocenters. The quantitative estimate of drug-likeness (QED) is 0.608. The van der Waals surface area contributed by atoms with Crippen LogP contribution in [0, 0.1) is 5.92 Å². The van der Waals surface area contributed by atoms with Crippen molar-refractivity contribution in [1.82, 2.24) is 0 Å². The summed E-state index contributed by atoms with van der Waals surface area (Å²) >= 11 is 0. The van der Waals surface area contributed by atoms with Crippen LogP contribution < -0.4 is 9.47 Å². The van der Waals surface area contributed by atoms with Crippen molar-refractivity contribution in [3.05, 3.63) is 22.8 Å². The van der Waals surface area contributed by atoms with Crippen LogP contribution in [0.2, 0.25) is 0 Å². The lowest BCUT2D eigenvalue weighted by Gasteiger charge is -2.52. The molecule has 7 nitrogen and oxygen atoms in total. The van der Waals surface area contributed by atoms with E-state index >= 15 is 0 Å². The van der Waals surface area contributed by atoms with E-state index in [1.54, 1.807) is 26.8 Å². The maximum atomic E-state index is 11.7. The number of aldehydes is 2. The largest absolute Gasteiger partial charge is 0.487 e. The molecule has 0 aromatic heterocycles. The Balaban J connectivity index is 1.80. The molecule has 3 N–H and O–H groups in total. The Morgan fingerprint density at radius 1 is 1.30 bits per heavy atom. The first-order valence-corrected chi connectivity index (χ1v) is 10.5. The van der Waals surface area contributed by atoms with Crippen molar-refractivity contribution in [2.45, 2.75) is 88.3 Å². The highest BCUT2D eigenvalue weighted by Gasteiger charge is 2.61. The van der Waals surface area contributed by atoms with E-state index in [2.05, 4.69) is 0 Å². The van der Waals surface area contributed by atoms with Crippen LogP contribution in [0.15, 0.2) is 6.07 Å². The van der Waals surface area contributed by atoms with Gasteiger partial charge in [0.25, 0.3) is 0 Å². The molecule has 0 amide bonds. The minimum Gasteiger partial charge on any atom is -0.487 e. The van der Waals surface area contributed by atoms with Crippen LogP contribution in [0.25, 0.3) is 0 Å². The molecular formula is C23H30O7. The summed E-state index contributed by atoms with van der Waals surface area (Å²) in [5.74, 6) is 0.632. The molecule has 30 heavy (non-hydrogen) atoms. The number of ether oxygens (including phenoxy) is 2. The lowest BCUT2D eigenvalue weighted by molar-refractivity contribution is -0.130. The Bertz CT molecular complexity index is 885. The predicted octanol–water partition coefficient (Wildman–Crippen LogP) is 2.38. The number of carbonyl (C=O) groups excluding carboxylic acids is 2. The first-order valence-electron chi connectivity index (χ1n) is 10.5. The molecule has 1 aliphatic carbocycles. The summed E-state index contributed by atoms with van der Waals surface area (Å²) in [4.78, 5) is 23.3. The monoisotopic (exact) mass is 418 g/mol. The second-order valence-electron chi connectivity index (χ2n) is 10.0. The zero-order valence-electron chi connectivity index (χ0n) is 17.8. The van der Waals surface area contributed by atoms with Gasteiger partial charge in [-0.1, -0.05) is 0 Å². The second-order valence-corrected chi connectivity index (χ2v) is 10.0. The number of aliphatic hydroxyl groups excluding tert-OH is 1. The molecular weight excluding hydrogens is 388 g/mol. The van der Waals surface area contributed by atoms with Crippen molar-refractivity contribution in [2.75, 3.05) is 0 Å². The number of hydrogen-bond donors (Lipinski definition) is 3. The van der Waals surface area contributed by atoms with Crippen molar-refractivity contribution < 1.29 is 34.4 Å². The normalized spacial score (nSPS) is 35.1. The van der Waals surface area contributed by atoms with Crippen LogP contribution >= 0.6 is 0 Å². The van der Waals surface area contributed by atoms with Crippen molar-refractivity contribution >= 4 is 12.6 Å². The highest BCUT2D eigenvalue weighted by Crippen LogP contribution is 2.62. The van der Waals surface area contributed by atoms with Crippen molar-refractivity contribution in [1.29, 1.82) is 0 Å². The van der Waals surface area contributed by atoms with Gasteiger partial charge < -0.3 is 24.8 Å². The zero-order valence-corrected chi connectivity index (χ0v) is 17.8. The highest BCUT2D eigenvalue weighted by molar-refractivity contribution is 5.95. The van der Waals surface area contributed by atoms with Gasteiger partial charge in [0.05, 0.1) is 22.9 Å². The van der Waals surface area contributed by atoms with Crippen molar-refractivity contribution in [2.24, 2.45) is 5.92 Å². The van der Waals surface area contributed by atoms with E-state index in [1.807, 2.05) is 6.92 Å². The summed E-state index contributed by atoms with van der Waals surface area (Å²) < 4.78 is 12.6. The molecule has 164 valence electrons. The first-order chi connectivity index (χ1) is 13.9. The summed E-state index contributed by atoms with van der Waals surface area (Å²) in [6.45, 7) is 6.85. The van der Waals surface area contributed by atoms with Crippen LogP contribution in [0.4, 0.5) is 0 Å². The maximum Gasteiger partial charge on any atom is 0.154 e. The van der Waals surface area contributed by atoms with Crippen molar-refractivity contribution in [3.63, 3.8) is 0 Å². The standard InChI is InChI=1S/C23H30O7/c1-21(2,27)16(26)6-8-23(4)14-5-7-22(3,28)20-17(14)18-15(30-23)9-12(10-24)13(11-25)19(18)29-20/h9-11,14,16-17,20,26-28H,5-8H2,1-4H3/t14-,16-,17+,20-,22+,23+/m1/s1. The van der Waals surface area contributed by atoms with Crippen LogP contribution in [0.5, 0.6) is 11.5 Å². The fourth-order valence-corrected chi connectivity index (χ4v) is 5.50. The van der Waals surface area contributed by atoms with Gasteiger partial charge in [0.2, 0.25) is 0 Å². The molecule has 1 fully saturated rings. The van der Waals surface area contributed by atoms with Gasteiger partial charge in [-0.15, -0.1) is 0 Å². The van der Waals surface area contributed by atoms with Crippen LogP contribution in [0.3, 0.4) is 0 Å². The number of rotatable bonds is 6. The minimum absolute atomic E-state index is 0.00735. The molecule has 1 aromatic rings. The topological polar surface area (TPSA) is 113 Å². The van der Waals surface area contributed by atoms with Gasteiger partial charge in [0.1, 0.15) is 23.2 Å². The molecule has 4 rings (SSSR count).